The van der Waals surface area contributed by atoms with Gasteiger partial charge in [0, 0.05) is 12.1 Å². The first kappa shape index (κ1) is 18.4. The Morgan fingerprint density at radius 2 is 2.04 bits per heavy atom. The summed E-state index contributed by atoms with van der Waals surface area (Å²) in [5, 5.41) is 6.51. The lowest BCUT2D eigenvalue weighted by molar-refractivity contribution is -0.147. The molecule has 2 aromatic heterocycles. The zero-order valence-corrected chi connectivity index (χ0v) is 15.0. The van der Waals surface area contributed by atoms with E-state index in [0.717, 1.165) is 11.1 Å². The maximum atomic E-state index is 11.9. The third-order valence-electron chi connectivity index (χ3n) is 4.00. The van der Waals surface area contributed by atoms with E-state index in [0.29, 0.717) is 17.3 Å². The van der Waals surface area contributed by atoms with Gasteiger partial charge in [0.05, 0.1) is 12.7 Å². The smallest absolute Gasteiger partial charge is 0.306 e. The number of aromatic nitrogens is 2. The zero-order chi connectivity index (χ0) is 19.2. The normalized spacial score (nSPS) is 10.6. The largest absolute Gasteiger partial charge is 0.461 e. The van der Waals surface area contributed by atoms with Gasteiger partial charge in [0.25, 0.3) is 5.91 Å². The molecule has 3 aromatic rings. The second-order valence-corrected chi connectivity index (χ2v) is 5.95. The van der Waals surface area contributed by atoms with Gasteiger partial charge in [0.1, 0.15) is 0 Å². The monoisotopic (exact) mass is 369 g/mol. The lowest BCUT2D eigenvalue weighted by Gasteiger charge is -2.10. The molecule has 2 heterocycles. The highest BCUT2D eigenvalue weighted by atomic mass is 16.5. The minimum Gasteiger partial charge on any atom is -0.461 e. The number of nitrogens with zero attached hydrogens (tertiary/aromatic N) is 2. The highest BCUT2D eigenvalue weighted by Gasteiger charge is 2.14. The number of amides is 1. The molecule has 0 fully saturated rings. The molecule has 0 atom stereocenters. The Labute approximate surface area is 155 Å². The third-order valence-corrected chi connectivity index (χ3v) is 4.00. The molecule has 0 saturated heterocycles. The van der Waals surface area contributed by atoms with E-state index in [1.807, 2.05) is 26.0 Å². The fourth-order valence-corrected chi connectivity index (χ4v) is 2.36. The van der Waals surface area contributed by atoms with Gasteiger partial charge >= 0.3 is 5.97 Å². The molecule has 0 aliphatic carbocycles. The molecule has 1 N–H and O–H groups in total. The Morgan fingerprint density at radius 1 is 1.19 bits per heavy atom. The second-order valence-electron chi connectivity index (χ2n) is 5.95. The Kier molecular flexibility index (Phi) is 5.65. The van der Waals surface area contributed by atoms with Crippen LogP contribution in [-0.4, -0.2) is 28.6 Å². The molecule has 8 nitrogen and oxygen atoms in total. The van der Waals surface area contributed by atoms with Gasteiger partial charge in [-0.2, -0.15) is 4.98 Å². The number of nitrogens with one attached hydrogen (secondary N) is 1. The summed E-state index contributed by atoms with van der Waals surface area (Å²) in [5.74, 6) is 0.170. The number of rotatable bonds is 7. The SMILES string of the molecule is Cc1cccc(NC(=O)COC(=O)CCc2nc(-c3ccco3)no2)c1C. The van der Waals surface area contributed by atoms with Gasteiger partial charge in [-0.3, -0.25) is 9.59 Å². The number of ether oxygens (including phenoxy) is 1. The number of anilines is 1. The van der Waals surface area contributed by atoms with Crippen molar-refractivity contribution in [1.29, 1.82) is 0 Å². The van der Waals surface area contributed by atoms with Crippen molar-refractivity contribution in [2.75, 3.05) is 11.9 Å². The highest BCUT2D eigenvalue weighted by Crippen LogP contribution is 2.18. The molecule has 8 heteroatoms. The van der Waals surface area contributed by atoms with Gasteiger partial charge in [-0.15, -0.1) is 0 Å². The molecule has 0 bridgehead atoms. The van der Waals surface area contributed by atoms with E-state index in [2.05, 4.69) is 15.5 Å². The van der Waals surface area contributed by atoms with Crippen LogP contribution in [0.3, 0.4) is 0 Å². The Hall–Kier alpha value is -3.42. The average molecular weight is 369 g/mol. The van der Waals surface area contributed by atoms with Crippen molar-refractivity contribution in [3.63, 3.8) is 0 Å². The predicted molar refractivity (Wildman–Crippen MR) is 95.8 cm³/mol. The zero-order valence-electron chi connectivity index (χ0n) is 15.0. The summed E-state index contributed by atoms with van der Waals surface area (Å²) in [5.41, 5.74) is 2.74. The number of aryl methyl sites for hydroxylation is 2. The van der Waals surface area contributed by atoms with Crippen molar-refractivity contribution < 1.29 is 23.3 Å². The van der Waals surface area contributed by atoms with E-state index in [9.17, 15) is 9.59 Å². The van der Waals surface area contributed by atoms with Crippen molar-refractivity contribution >= 4 is 17.6 Å². The number of hydrogen-bond donors (Lipinski definition) is 1. The number of carbonyl (C=O) groups excluding carboxylic acids is 2. The van der Waals surface area contributed by atoms with Crippen LogP contribution in [0.1, 0.15) is 23.4 Å². The highest BCUT2D eigenvalue weighted by molar-refractivity contribution is 5.93. The van der Waals surface area contributed by atoms with Crippen LogP contribution in [0, 0.1) is 13.8 Å². The van der Waals surface area contributed by atoms with Crippen molar-refractivity contribution in [3.05, 3.63) is 53.6 Å². The standard InChI is InChI=1S/C19H19N3O5/c1-12-5-3-6-14(13(12)2)20-16(23)11-26-18(24)9-8-17-21-19(22-27-17)15-7-4-10-25-15/h3-7,10H,8-9,11H2,1-2H3,(H,20,23). The number of carbonyl (C=O) groups is 2. The van der Waals surface area contributed by atoms with Crippen molar-refractivity contribution in [1.82, 2.24) is 10.1 Å². The second kappa shape index (κ2) is 8.31. The summed E-state index contributed by atoms with van der Waals surface area (Å²) in [6, 6.07) is 9.03. The predicted octanol–water partition coefficient (Wildman–Crippen LogP) is 3.06. The van der Waals surface area contributed by atoms with E-state index in [4.69, 9.17) is 13.7 Å². The minimum absolute atomic E-state index is 0.0243. The molecule has 0 unspecified atom stereocenters. The summed E-state index contributed by atoms with van der Waals surface area (Å²) in [6.07, 6.45) is 1.74. The molecule has 0 aliphatic rings. The molecule has 27 heavy (non-hydrogen) atoms. The maximum Gasteiger partial charge on any atom is 0.306 e. The average Bonchev–Trinajstić information content (AvgIpc) is 3.33. The summed E-state index contributed by atoms with van der Waals surface area (Å²) >= 11 is 0. The molecule has 0 radical (unpaired) electrons. The Morgan fingerprint density at radius 3 is 2.81 bits per heavy atom. The topological polar surface area (TPSA) is 107 Å². The molecule has 1 amide bonds. The van der Waals surface area contributed by atoms with Gasteiger partial charge in [-0.25, -0.2) is 0 Å². The molecule has 0 spiro atoms. The van der Waals surface area contributed by atoms with Crippen LogP contribution in [0.2, 0.25) is 0 Å². The summed E-state index contributed by atoms with van der Waals surface area (Å²) in [4.78, 5) is 27.9. The summed E-state index contributed by atoms with van der Waals surface area (Å²) in [6.45, 7) is 3.52. The van der Waals surface area contributed by atoms with Gasteiger partial charge < -0.3 is 19.0 Å². The Balaban J connectivity index is 1.43. The van der Waals surface area contributed by atoms with E-state index in [-0.39, 0.29) is 25.3 Å². The first-order valence-electron chi connectivity index (χ1n) is 8.41. The van der Waals surface area contributed by atoms with Gasteiger partial charge in [-0.1, -0.05) is 17.3 Å². The third kappa shape index (κ3) is 4.81. The number of esters is 1. The van der Waals surface area contributed by atoms with Crippen LogP contribution >= 0.6 is 0 Å². The number of benzene rings is 1. The lowest BCUT2D eigenvalue weighted by Crippen LogP contribution is -2.21. The van der Waals surface area contributed by atoms with Crippen LogP contribution in [0.5, 0.6) is 0 Å². The maximum absolute atomic E-state index is 11.9. The van der Waals surface area contributed by atoms with Gasteiger partial charge in [0.2, 0.25) is 11.7 Å². The van der Waals surface area contributed by atoms with E-state index >= 15 is 0 Å². The van der Waals surface area contributed by atoms with Crippen LogP contribution < -0.4 is 5.32 Å². The molecule has 0 aliphatic heterocycles. The van der Waals surface area contributed by atoms with Crippen LogP contribution in [-0.2, 0) is 20.7 Å². The minimum atomic E-state index is -0.524. The van der Waals surface area contributed by atoms with Crippen molar-refractivity contribution in [3.8, 4) is 11.6 Å². The molecular formula is C19H19N3O5. The molecule has 3 rings (SSSR count). The van der Waals surface area contributed by atoms with Crippen LogP contribution in [0.25, 0.3) is 11.6 Å². The lowest BCUT2D eigenvalue weighted by atomic mass is 10.1. The fourth-order valence-electron chi connectivity index (χ4n) is 2.36. The van der Waals surface area contributed by atoms with Crippen molar-refractivity contribution in [2.24, 2.45) is 0 Å². The number of furan rings is 1. The van der Waals surface area contributed by atoms with Crippen LogP contribution in [0.4, 0.5) is 5.69 Å². The van der Waals surface area contributed by atoms with Gasteiger partial charge in [0.15, 0.2) is 12.4 Å². The van der Waals surface area contributed by atoms with E-state index in [1.165, 1.54) is 6.26 Å². The first-order valence-corrected chi connectivity index (χ1v) is 8.41. The fraction of sp³-hybridized carbons (Fsp3) is 0.263. The van der Waals surface area contributed by atoms with E-state index < -0.39 is 11.9 Å². The summed E-state index contributed by atoms with van der Waals surface area (Å²) < 4.78 is 15.2. The molecule has 140 valence electrons. The first-order chi connectivity index (χ1) is 13.0. The molecule has 0 saturated carbocycles. The molecule has 1 aromatic carbocycles. The van der Waals surface area contributed by atoms with Crippen LogP contribution in [0.15, 0.2) is 45.5 Å². The Bertz CT molecular complexity index is 931. The van der Waals surface area contributed by atoms with Crippen molar-refractivity contribution in [2.45, 2.75) is 26.7 Å². The molecular weight excluding hydrogens is 350 g/mol. The summed E-state index contributed by atoms with van der Waals surface area (Å²) in [7, 11) is 0. The number of hydrogen-bond acceptors (Lipinski definition) is 7. The van der Waals surface area contributed by atoms with E-state index in [1.54, 1.807) is 18.2 Å². The van der Waals surface area contributed by atoms with Gasteiger partial charge in [-0.05, 0) is 43.2 Å². The quantitative estimate of drug-likeness (QED) is 0.638.